The highest BCUT2D eigenvalue weighted by atomic mass is 15.2. The van der Waals surface area contributed by atoms with Gasteiger partial charge in [0.05, 0.1) is 5.52 Å². The van der Waals surface area contributed by atoms with E-state index in [1.807, 2.05) is 59.2 Å². The van der Waals surface area contributed by atoms with Crippen LogP contribution in [0.1, 0.15) is 12.8 Å². The molecule has 0 spiro atoms. The number of hydrogen-bond donors (Lipinski definition) is 2. The molecule has 2 aromatic carbocycles. The largest absolute Gasteiger partial charge is 0.365 e. The maximum atomic E-state index is 4.80. The fourth-order valence-electron chi connectivity index (χ4n) is 3.54. The second-order valence-electron chi connectivity index (χ2n) is 7.47. The van der Waals surface area contributed by atoms with Gasteiger partial charge in [0.2, 0.25) is 5.95 Å². The van der Waals surface area contributed by atoms with Crippen molar-refractivity contribution < 1.29 is 0 Å². The van der Waals surface area contributed by atoms with Gasteiger partial charge in [0.25, 0.3) is 0 Å². The Morgan fingerprint density at radius 1 is 0.900 bits per heavy atom. The van der Waals surface area contributed by atoms with Crippen LogP contribution in [0.2, 0.25) is 0 Å². The van der Waals surface area contributed by atoms with Gasteiger partial charge in [-0.25, -0.2) is 4.98 Å². The van der Waals surface area contributed by atoms with Gasteiger partial charge < -0.3 is 10.6 Å². The van der Waals surface area contributed by atoms with Gasteiger partial charge in [-0.1, -0.05) is 24.3 Å². The van der Waals surface area contributed by atoms with Crippen LogP contribution in [0.25, 0.3) is 27.8 Å². The van der Waals surface area contributed by atoms with Gasteiger partial charge in [-0.2, -0.15) is 9.97 Å². The van der Waals surface area contributed by atoms with E-state index in [1.54, 1.807) is 12.5 Å². The Morgan fingerprint density at radius 2 is 1.80 bits per heavy atom. The van der Waals surface area contributed by atoms with E-state index in [0.717, 1.165) is 52.1 Å². The smallest absolute Gasteiger partial charge is 0.231 e. The molecule has 6 rings (SSSR count). The normalized spacial score (nSPS) is 13.6. The van der Waals surface area contributed by atoms with Crippen molar-refractivity contribution in [2.24, 2.45) is 0 Å². The number of pyridine rings is 1. The van der Waals surface area contributed by atoms with Gasteiger partial charge in [-0.3, -0.25) is 9.55 Å². The predicted octanol–water partition coefficient (Wildman–Crippen LogP) is 4.68. The van der Waals surface area contributed by atoms with Crippen molar-refractivity contribution in [1.29, 1.82) is 0 Å². The monoisotopic (exact) mass is 393 g/mol. The van der Waals surface area contributed by atoms with Crippen LogP contribution in [0.3, 0.4) is 0 Å². The number of benzene rings is 2. The number of nitrogens with one attached hydrogen (secondary N) is 2. The van der Waals surface area contributed by atoms with Crippen LogP contribution in [-0.2, 0) is 0 Å². The Balaban J connectivity index is 1.45. The summed E-state index contributed by atoms with van der Waals surface area (Å²) in [6.07, 6.45) is 5.92. The van der Waals surface area contributed by atoms with E-state index < -0.39 is 0 Å². The van der Waals surface area contributed by atoms with E-state index in [-0.39, 0.29) is 0 Å². The topological polar surface area (TPSA) is 80.5 Å². The molecule has 0 radical (unpaired) electrons. The first-order chi connectivity index (χ1) is 14.8. The average Bonchev–Trinajstić information content (AvgIpc) is 3.50. The number of rotatable bonds is 5. The molecule has 0 saturated heterocycles. The van der Waals surface area contributed by atoms with Crippen molar-refractivity contribution >= 4 is 39.5 Å². The molecular weight excluding hydrogens is 374 g/mol. The van der Waals surface area contributed by atoms with Gasteiger partial charge in [-0.15, -0.1) is 0 Å². The summed E-state index contributed by atoms with van der Waals surface area (Å²) in [5.41, 5.74) is 4.43. The summed E-state index contributed by atoms with van der Waals surface area (Å²) in [4.78, 5) is 18.5. The van der Waals surface area contributed by atoms with Gasteiger partial charge in [-0.05, 0) is 49.2 Å². The van der Waals surface area contributed by atoms with Crippen molar-refractivity contribution in [2.75, 3.05) is 10.6 Å². The summed E-state index contributed by atoms with van der Waals surface area (Å²) in [5, 5.41) is 7.93. The first-order valence-electron chi connectivity index (χ1n) is 10.0. The van der Waals surface area contributed by atoms with E-state index in [4.69, 9.17) is 9.97 Å². The molecule has 146 valence electrons. The summed E-state index contributed by atoms with van der Waals surface area (Å²) in [6.45, 7) is 0. The SMILES string of the molecule is c1ccc(-n2cnc3c(NC4CC4)nc(Nc4ccc5ncccc5c4)nc32)cc1. The van der Waals surface area contributed by atoms with Crippen molar-refractivity contribution in [3.63, 3.8) is 0 Å². The molecule has 30 heavy (non-hydrogen) atoms. The maximum Gasteiger partial charge on any atom is 0.231 e. The Morgan fingerprint density at radius 3 is 2.67 bits per heavy atom. The first kappa shape index (κ1) is 16.9. The van der Waals surface area contributed by atoms with Crippen LogP contribution in [-0.4, -0.2) is 30.5 Å². The lowest BCUT2D eigenvalue weighted by Crippen LogP contribution is -2.08. The molecule has 3 heterocycles. The van der Waals surface area contributed by atoms with Gasteiger partial charge in [0.15, 0.2) is 17.0 Å². The van der Waals surface area contributed by atoms with E-state index in [9.17, 15) is 0 Å². The number of para-hydroxylation sites is 1. The zero-order valence-electron chi connectivity index (χ0n) is 16.2. The van der Waals surface area contributed by atoms with Crippen LogP contribution in [0.5, 0.6) is 0 Å². The number of imidazole rings is 1. The highest BCUT2D eigenvalue weighted by Crippen LogP contribution is 2.30. The highest BCUT2D eigenvalue weighted by molar-refractivity contribution is 5.87. The highest BCUT2D eigenvalue weighted by Gasteiger charge is 2.24. The zero-order chi connectivity index (χ0) is 19.9. The summed E-state index contributed by atoms with van der Waals surface area (Å²) in [5.74, 6) is 1.30. The Bertz CT molecular complexity index is 1360. The Labute approximate surface area is 172 Å². The molecule has 3 aromatic heterocycles. The standard InChI is InChI=1S/C23H19N7/c1-2-6-18(7-3-1)30-14-25-20-21(26-16-8-9-16)28-23(29-22(20)30)27-17-10-11-19-15(13-17)5-4-12-24-19/h1-7,10-14,16H,8-9H2,(H2,26,27,28,29). The van der Waals surface area contributed by atoms with E-state index in [2.05, 4.69) is 26.7 Å². The molecule has 0 aliphatic heterocycles. The molecular formula is C23H19N7. The van der Waals surface area contributed by atoms with Gasteiger partial charge >= 0.3 is 0 Å². The van der Waals surface area contributed by atoms with E-state index in [0.29, 0.717) is 12.0 Å². The molecule has 7 heteroatoms. The quantitative estimate of drug-likeness (QED) is 0.451. The second-order valence-corrected chi connectivity index (χ2v) is 7.47. The minimum atomic E-state index is 0.463. The van der Waals surface area contributed by atoms with Crippen LogP contribution < -0.4 is 10.6 Å². The molecule has 1 fully saturated rings. The van der Waals surface area contributed by atoms with Crippen molar-refractivity contribution in [3.8, 4) is 5.69 Å². The number of anilines is 3. The summed E-state index contributed by atoms with van der Waals surface area (Å²) < 4.78 is 1.99. The van der Waals surface area contributed by atoms with Crippen molar-refractivity contribution in [2.45, 2.75) is 18.9 Å². The Kier molecular flexibility index (Phi) is 3.84. The number of nitrogens with zero attached hydrogens (tertiary/aromatic N) is 5. The lowest BCUT2D eigenvalue weighted by Gasteiger charge is -2.11. The van der Waals surface area contributed by atoms with Crippen LogP contribution >= 0.6 is 0 Å². The molecule has 0 unspecified atom stereocenters. The fourth-order valence-corrected chi connectivity index (χ4v) is 3.54. The maximum absolute atomic E-state index is 4.80. The molecule has 0 bridgehead atoms. The molecule has 5 aromatic rings. The zero-order valence-corrected chi connectivity index (χ0v) is 16.2. The van der Waals surface area contributed by atoms with Crippen molar-refractivity contribution in [3.05, 3.63) is 73.2 Å². The molecule has 1 aliphatic rings. The molecule has 0 amide bonds. The van der Waals surface area contributed by atoms with Crippen LogP contribution in [0.15, 0.2) is 73.2 Å². The summed E-state index contributed by atoms with van der Waals surface area (Å²) in [7, 11) is 0. The van der Waals surface area contributed by atoms with E-state index >= 15 is 0 Å². The molecule has 1 aliphatic carbocycles. The third kappa shape index (κ3) is 3.10. The predicted molar refractivity (Wildman–Crippen MR) is 118 cm³/mol. The average molecular weight is 393 g/mol. The van der Waals surface area contributed by atoms with Crippen LogP contribution in [0.4, 0.5) is 17.5 Å². The Hall–Kier alpha value is -4.00. The van der Waals surface area contributed by atoms with Gasteiger partial charge in [0, 0.05) is 29.0 Å². The minimum Gasteiger partial charge on any atom is -0.365 e. The van der Waals surface area contributed by atoms with Crippen LogP contribution in [0, 0.1) is 0 Å². The lowest BCUT2D eigenvalue weighted by molar-refractivity contribution is 1.06. The number of hydrogen-bond acceptors (Lipinski definition) is 6. The molecule has 1 saturated carbocycles. The van der Waals surface area contributed by atoms with E-state index in [1.165, 1.54) is 0 Å². The lowest BCUT2D eigenvalue weighted by atomic mass is 10.2. The third-order valence-corrected chi connectivity index (χ3v) is 5.21. The fraction of sp³-hybridized carbons (Fsp3) is 0.130. The van der Waals surface area contributed by atoms with Gasteiger partial charge in [0.1, 0.15) is 6.33 Å². The second kappa shape index (κ2) is 6.81. The number of fused-ring (bicyclic) bond motifs is 2. The summed E-state index contributed by atoms with van der Waals surface area (Å²) in [6, 6.07) is 20.6. The molecule has 7 nitrogen and oxygen atoms in total. The minimum absolute atomic E-state index is 0.463. The molecule has 0 atom stereocenters. The van der Waals surface area contributed by atoms with Crippen molar-refractivity contribution in [1.82, 2.24) is 24.5 Å². The summed E-state index contributed by atoms with van der Waals surface area (Å²) >= 11 is 0. The molecule has 2 N–H and O–H groups in total. The first-order valence-corrected chi connectivity index (χ1v) is 10.0. The third-order valence-electron chi connectivity index (χ3n) is 5.21. The number of aromatic nitrogens is 5.